The Labute approximate surface area is 92.7 Å². The maximum Gasteiger partial charge on any atom is 0.253 e. The molecule has 0 aromatic heterocycles. The molecule has 1 saturated carbocycles. The van der Waals surface area contributed by atoms with Crippen molar-refractivity contribution in [3.05, 3.63) is 28.8 Å². The van der Waals surface area contributed by atoms with Gasteiger partial charge >= 0.3 is 0 Å². The highest BCUT2D eigenvalue weighted by Crippen LogP contribution is 2.22. The van der Waals surface area contributed by atoms with Crippen molar-refractivity contribution in [1.82, 2.24) is 5.32 Å². The number of nitrogens with one attached hydrogen (secondary N) is 1. The van der Waals surface area contributed by atoms with Crippen molar-refractivity contribution in [1.29, 1.82) is 0 Å². The predicted octanol–water partition coefficient (Wildman–Crippen LogP) is 0.990. The molecule has 5 N–H and O–H groups in total. The van der Waals surface area contributed by atoms with Crippen LogP contribution in [-0.4, -0.2) is 17.4 Å². The number of halogens is 1. The van der Waals surface area contributed by atoms with Crippen LogP contribution in [0, 0.1) is 0 Å². The zero-order valence-electron chi connectivity index (χ0n) is 8.09. The molecule has 15 heavy (non-hydrogen) atoms. The van der Waals surface area contributed by atoms with Crippen LogP contribution in [0.5, 0.6) is 0 Å². The van der Waals surface area contributed by atoms with Crippen LogP contribution in [-0.2, 0) is 0 Å². The van der Waals surface area contributed by atoms with Gasteiger partial charge < -0.3 is 16.5 Å². The summed E-state index contributed by atoms with van der Waals surface area (Å²) in [6.07, 6.45) is 2.14. The summed E-state index contributed by atoms with van der Waals surface area (Å²) >= 11 is 5.89. The van der Waals surface area contributed by atoms with Crippen LogP contribution in [0.3, 0.4) is 0 Å². The zero-order valence-corrected chi connectivity index (χ0v) is 8.84. The van der Waals surface area contributed by atoms with Gasteiger partial charge in [0.15, 0.2) is 0 Å². The molecule has 1 aliphatic carbocycles. The van der Waals surface area contributed by atoms with Crippen LogP contribution in [0.1, 0.15) is 23.2 Å². The number of nitrogens with two attached hydrogens (primary N) is 1. The second-order valence-electron chi connectivity index (χ2n) is 3.49. The number of rotatable bonds is 2. The standard InChI is InChI=1S/C10H11ClN2O.H2O/c11-9-5-6(12)1-4-8(9)10(14)13-7-2-3-7;/h1,4-5,7H,2-3,12H2,(H,13,14);1H2. The van der Waals surface area contributed by atoms with Crippen molar-refractivity contribution in [3.8, 4) is 0 Å². The molecule has 5 heteroatoms. The normalized spacial score (nSPS) is 14.2. The molecular weight excluding hydrogens is 216 g/mol. The Bertz CT molecular complexity index is 378. The number of carbonyl (C=O) groups is 1. The van der Waals surface area contributed by atoms with Gasteiger partial charge in [-0.1, -0.05) is 11.6 Å². The van der Waals surface area contributed by atoms with E-state index in [1.165, 1.54) is 0 Å². The lowest BCUT2D eigenvalue weighted by atomic mass is 10.2. The molecule has 2 rings (SSSR count). The number of hydrogen-bond donors (Lipinski definition) is 2. The summed E-state index contributed by atoms with van der Waals surface area (Å²) in [5.74, 6) is -0.113. The van der Waals surface area contributed by atoms with Gasteiger partial charge in [-0.15, -0.1) is 0 Å². The highest BCUT2D eigenvalue weighted by atomic mass is 35.5. The molecule has 0 saturated heterocycles. The summed E-state index contributed by atoms with van der Waals surface area (Å²) in [5.41, 5.74) is 6.59. The van der Waals surface area contributed by atoms with Crippen molar-refractivity contribution < 1.29 is 10.3 Å². The fourth-order valence-electron chi connectivity index (χ4n) is 1.21. The van der Waals surface area contributed by atoms with E-state index >= 15 is 0 Å². The average Bonchev–Trinajstić information content (AvgIpc) is 2.87. The lowest BCUT2D eigenvalue weighted by Crippen LogP contribution is -2.25. The van der Waals surface area contributed by atoms with E-state index in [1.807, 2.05) is 0 Å². The first-order valence-electron chi connectivity index (χ1n) is 4.52. The van der Waals surface area contributed by atoms with Gasteiger partial charge in [0.1, 0.15) is 0 Å². The van der Waals surface area contributed by atoms with Gasteiger partial charge in [-0.3, -0.25) is 4.79 Å². The van der Waals surface area contributed by atoms with E-state index in [9.17, 15) is 4.79 Å². The topological polar surface area (TPSA) is 86.6 Å². The number of benzene rings is 1. The largest absolute Gasteiger partial charge is 0.412 e. The smallest absolute Gasteiger partial charge is 0.253 e. The minimum atomic E-state index is -0.113. The lowest BCUT2D eigenvalue weighted by Gasteiger charge is -2.05. The van der Waals surface area contributed by atoms with Gasteiger partial charge in [-0.2, -0.15) is 0 Å². The molecular formula is C10H13ClN2O2. The number of hydrogen-bond acceptors (Lipinski definition) is 2. The van der Waals surface area contributed by atoms with Crippen LogP contribution < -0.4 is 11.1 Å². The molecule has 0 heterocycles. The van der Waals surface area contributed by atoms with E-state index in [-0.39, 0.29) is 11.4 Å². The highest BCUT2D eigenvalue weighted by molar-refractivity contribution is 6.34. The monoisotopic (exact) mass is 228 g/mol. The Balaban J connectivity index is 0.00000112. The fraction of sp³-hybridized carbons (Fsp3) is 0.300. The van der Waals surface area contributed by atoms with Crippen molar-refractivity contribution in [2.75, 3.05) is 5.73 Å². The third kappa shape index (κ3) is 2.84. The molecule has 0 bridgehead atoms. The average molecular weight is 229 g/mol. The van der Waals surface area contributed by atoms with Crippen LogP contribution >= 0.6 is 11.6 Å². The van der Waals surface area contributed by atoms with Gasteiger partial charge in [0.25, 0.3) is 5.91 Å². The number of carbonyl (C=O) groups excluding carboxylic acids is 1. The highest BCUT2D eigenvalue weighted by Gasteiger charge is 2.24. The van der Waals surface area contributed by atoms with Crippen LogP contribution in [0.25, 0.3) is 0 Å². The van der Waals surface area contributed by atoms with E-state index in [1.54, 1.807) is 18.2 Å². The number of amides is 1. The van der Waals surface area contributed by atoms with Crippen LogP contribution in [0.15, 0.2) is 18.2 Å². The number of anilines is 1. The van der Waals surface area contributed by atoms with Crippen molar-refractivity contribution in [2.24, 2.45) is 0 Å². The summed E-state index contributed by atoms with van der Waals surface area (Å²) in [7, 11) is 0. The first kappa shape index (κ1) is 11.8. The second kappa shape index (κ2) is 4.51. The molecule has 0 spiro atoms. The van der Waals surface area contributed by atoms with E-state index in [2.05, 4.69) is 5.32 Å². The van der Waals surface area contributed by atoms with Crippen molar-refractivity contribution >= 4 is 23.2 Å². The Hall–Kier alpha value is -1.26. The van der Waals surface area contributed by atoms with Gasteiger partial charge in [0.05, 0.1) is 10.6 Å². The molecule has 1 aromatic rings. The molecule has 1 aliphatic rings. The maximum absolute atomic E-state index is 11.6. The molecule has 0 atom stereocenters. The molecule has 1 amide bonds. The summed E-state index contributed by atoms with van der Waals surface area (Å²) in [6, 6.07) is 5.25. The lowest BCUT2D eigenvalue weighted by molar-refractivity contribution is 0.0951. The Morgan fingerprint density at radius 3 is 2.67 bits per heavy atom. The van der Waals surface area contributed by atoms with E-state index in [4.69, 9.17) is 17.3 Å². The van der Waals surface area contributed by atoms with Gasteiger partial charge in [-0.25, -0.2) is 0 Å². The van der Waals surface area contributed by atoms with Gasteiger partial charge in [0, 0.05) is 11.7 Å². The minimum Gasteiger partial charge on any atom is -0.412 e. The molecule has 0 radical (unpaired) electrons. The van der Waals surface area contributed by atoms with E-state index in [0.717, 1.165) is 12.8 Å². The van der Waals surface area contributed by atoms with Crippen LogP contribution in [0.2, 0.25) is 5.02 Å². The second-order valence-corrected chi connectivity index (χ2v) is 3.89. The minimum absolute atomic E-state index is 0. The van der Waals surface area contributed by atoms with Gasteiger partial charge in [0.2, 0.25) is 0 Å². The molecule has 1 aromatic carbocycles. The Morgan fingerprint density at radius 2 is 2.13 bits per heavy atom. The molecule has 1 fully saturated rings. The Kier molecular flexibility index (Phi) is 3.55. The third-order valence-electron chi connectivity index (χ3n) is 2.15. The van der Waals surface area contributed by atoms with Gasteiger partial charge in [-0.05, 0) is 31.0 Å². The summed E-state index contributed by atoms with van der Waals surface area (Å²) < 4.78 is 0. The summed E-state index contributed by atoms with van der Waals surface area (Å²) in [6.45, 7) is 0. The quantitative estimate of drug-likeness (QED) is 0.740. The van der Waals surface area contributed by atoms with E-state index in [0.29, 0.717) is 22.3 Å². The first-order valence-corrected chi connectivity index (χ1v) is 4.90. The molecule has 82 valence electrons. The first-order chi connectivity index (χ1) is 6.66. The molecule has 0 unspecified atom stereocenters. The third-order valence-corrected chi connectivity index (χ3v) is 2.46. The van der Waals surface area contributed by atoms with Crippen LogP contribution in [0.4, 0.5) is 5.69 Å². The van der Waals surface area contributed by atoms with E-state index < -0.39 is 0 Å². The predicted molar refractivity (Wildman–Crippen MR) is 60.0 cm³/mol. The zero-order chi connectivity index (χ0) is 10.1. The SMILES string of the molecule is Nc1ccc(C(=O)NC2CC2)c(Cl)c1.O. The summed E-state index contributed by atoms with van der Waals surface area (Å²) in [4.78, 5) is 11.6. The Morgan fingerprint density at radius 1 is 1.47 bits per heavy atom. The van der Waals surface area contributed by atoms with Crippen molar-refractivity contribution in [2.45, 2.75) is 18.9 Å². The summed E-state index contributed by atoms with van der Waals surface area (Å²) in [5, 5.41) is 3.27. The molecule has 0 aliphatic heterocycles. The van der Waals surface area contributed by atoms with Crippen molar-refractivity contribution in [3.63, 3.8) is 0 Å². The number of nitrogen functional groups attached to an aromatic ring is 1. The maximum atomic E-state index is 11.6. The molecule has 4 nitrogen and oxygen atoms in total. The fourth-order valence-corrected chi connectivity index (χ4v) is 1.48.